The van der Waals surface area contributed by atoms with Gasteiger partial charge in [-0.15, -0.1) is 0 Å². The fraction of sp³-hybridized carbons (Fsp3) is 0.238. The van der Waals surface area contributed by atoms with Crippen LogP contribution in [0.4, 0.5) is 24.8 Å². The van der Waals surface area contributed by atoms with E-state index in [1.807, 2.05) is 6.07 Å². The molecule has 1 saturated heterocycles. The lowest BCUT2D eigenvalue weighted by molar-refractivity contribution is -0.137. The predicted molar refractivity (Wildman–Crippen MR) is 119 cm³/mol. The average molecular weight is 482 g/mol. The van der Waals surface area contributed by atoms with Crippen LogP contribution in [0.25, 0.3) is 11.3 Å². The summed E-state index contributed by atoms with van der Waals surface area (Å²) < 4.78 is 56.2. The van der Waals surface area contributed by atoms with Gasteiger partial charge in [-0.05, 0) is 24.3 Å². The Morgan fingerprint density at radius 1 is 1.00 bits per heavy atom. The van der Waals surface area contributed by atoms with Crippen LogP contribution in [0.1, 0.15) is 5.56 Å². The molecule has 0 spiro atoms. The third kappa shape index (κ3) is 5.09. The molecule has 1 aromatic carbocycles. The molecular formula is C21H19ClF3N5OS. The van der Waals surface area contributed by atoms with Crippen LogP contribution in [-0.4, -0.2) is 40.7 Å². The maximum absolute atomic E-state index is 13.6. The van der Waals surface area contributed by atoms with Crippen LogP contribution in [0.3, 0.4) is 0 Å². The largest absolute Gasteiger partial charge is 0.587 e. The number of rotatable bonds is 5. The van der Waals surface area contributed by atoms with Crippen molar-refractivity contribution >= 4 is 34.6 Å². The lowest BCUT2D eigenvalue weighted by Gasteiger charge is -2.28. The summed E-state index contributed by atoms with van der Waals surface area (Å²) in [5.41, 5.74) is -1.14. The fourth-order valence-electron chi connectivity index (χ4n) is 3.33. The highest BCUT2D eigenvalue weighted by atomic mass is 35.5. The summed E-state index contributed by atoms with van der Waals surface area (Å²) >= 11 is 4.29. The number of nitrogens with zero attached hydrogens (tertiary/aromatic N) is 3. The van der Waals surface area contributed by atoms with Crippen molar-refractivity contribution in [2.75, 3.05) is 35.8 Å². The third-order valence-electron chi connectivity index (χ3n) is 4.87. The number of alkyl halides is 3. The fourth-order valence-corrected chi connectivity index (χ4v) is 4.34. The molecule has 1 aliphatic heterocycles. The summed E-state index contributed by atoms with van der Waals surface area (Å²) in [6.45, 7) is 3.21. The number of piperazine rings is 1. The van der Waals surface area contributed by atoms with Gasteiger partial charge in [-0.1, -0.05) is 35.9 Å². The van der Waals surface area contributed by atoms with E-state index in [1.54, 1.807) is 24.3 Å². The van der Waals surface area contributed by atoms with Crippen molar-refractivity contribution in [1.29, 1.82) is 0 Å². The summed E-state index contributed by atoms with van der Waals surface area (Å²) in [6.07, 6.45) is -4.63. The molecule has 3 heterocycles. The summed E-state index contributed by atoms with van der Waals surface area (Å²) in [6, 6.07) is 13.3. The molecule has 0 aliphatic carbocycles. The molecule has 2 aromatic heterocycles. The van der Waals surface area contributed by atoms with Crippen molar-refractivity contribution in [2.45, 2.75) is 11.2 Å². The van der Waals surface area contributed by atoms with Crippen molar-refractivity contribution in [3.8, 4) is 11.3 Å². The van der Waals surface area contributed by atoms with Crippen LogP contribution in [0.5, 0.6) is 0 Å². The molecule has 32 heavy (non-hydrogen) atoms. The molecule has 0 radical (unpaired) electrons. The first-order valence-corrected chi connectivity index (χ1v) is 11.3. The third-order valence-corrected chi connectivity index (χ3v) is 6.20. The zero-order chi connectivity index (χ0) is 22.7. The first-order valence-electron chi connectivity index (χ1n) is 9.77. The number of benzene rings is 1. The zero-order valence-electron chi connectivity index (χ0n) is 16.7. The summed E-state index contributed by atoms with van der Waals surface area (Å²) in [4.78, 5) is 10.6. The lowest BCUT2D eigenvalue weighted by atomic mass is 10.1. The Bertz CT molecular complexity index is 1100. The van der Waals surface area contributed by atoms with E-state index in [-0.39, 0.29) is 27.1 Å². The number of halogens is 4. The van der Waals surface area contributed by atoms with E-state index < -0.39 is 23.1 Å². The first kappa shape index (κ1) is 22.7. The van der Waals surface area contributed by atoms with Gasteiger partial charge in [-0.25, -0.2) is 4.98 Å². The highest BCUT2D eigenvalue weighted by Crippen LogP contribution is 2.39. The van der Waals surface area contributed by atoms with E-state index >= 15 is 0 Å². The number of hydrogen-bond acceptors (Lipinski definition) is 6. The second-order valence-electron chi connectivity index (χ2n) is 7.01. The number of aromatic nitrogens is 2. The van der Waals surface area contributed by atoms with Crippen LogP contribution in [0, 0.1) is 0 Å². The average Bonchev–Trinajstić information content (AvgIpc) is 2.79. The Balaban J connectivity index is 1.62. The first-order chi connectivity index (χ1) is 15.3. The van der Waals surface area contributed by atoms with Gasteiger partial charge in [0.15, 0.2) is 5.82 Å². The minimum absolute atomic E-state index is 0.0145. The van der Waals surface area contributed by atoms with Crippen LogP contribution in [0.15, 0.2) is 59.6 Å². The molecule has 11 heteroatoms. The maximum atomic E-state index is 13.6. The van der Waals surface area contributed by atoms with Gasteiger partial charge in [0.25, 0.3) is 5.03 Å². The van der Waals surface area contributed by atoms with Crippen molar-refractivity contribution in [1.82, 2.24) is 15.3 Å². The molecule has 0 saturated carbocycles. The minimum atomic E-state index is -4.63. The highest BCUT2D eigenvalue weighted by molar-refractivity contribution is 7.92. The number of hydrogen-bond donors (Lipinski definition) is 2. The molecule has 1 unspecified atom stereocenters. The minimum Gasteiger partial charge on any atom is -0.587 e. The van der Waals surface area contributed by atoms with Gasteiger partial charge in [0.05, 0.1) is 11.3 Å². The molecule has 3 aromatic rings. The molecule has 0 bridgehead atoms. The second-order valence-corrected chi connectivity index (χ2v) is 8.58. The topological polar surface area (TPSA) is 76.1 Å². The van der Waals surface area contributed by atoms with Crippen molar-refractivity contribution < 1.29 is 17.7 Å². The molecule has 6 nitrogen and oxygen atoms in total. The van der Waals surface area contributed by atoms with Gasteiger partial charge in [0.1, 0.15) is 17.2 Å². The van der Waals surface area contributed by atoms with Crippen molar-refractivity contribution in [3.63, 3.8) is 0 Å². The summed E-state index contributed by atoms with van der Waals surface area (Å²) in [5, 5.41) is 3.64. The normalized spacial score (nSPS) is 15.5. The Kier molecular flexibility index (Phi) is 6.75. The van der Waals surface area contributed by atoms with E-state index in [0.717, 1.165) is 38.3 Å². The van der Waals surface area contributed by atoms with Crippen molar-refractivity contribution in [3.05, 3.63) is 65.2 Å². The monoisotopic (exact) mass is 481 g/mol. The van der Waals surface area contributed by atoms with E-state index in [2.05, 4.69) is 24.9 Å². The summed E-state index contributed by atoms with van der Waals surface area (Å²) in [5.74, 6) is 0.705. The SMILES string of the molecule is [O-][S+](Nc1ccc(C(F)(F)F)c(-c2ccccc2Cl)n1)c1cccc(N2CCNCC2)n1. The van der Waals surface area contributed by atoms with Gasteiger partial charge in [-0.2, -0.15) is 22.9 Å². The zero-order valence-corrected chi connectivity index (χ0v) is 18.3. The maximum Gasteiger partial charge on any atom is 0.418 e. The Morgan fingerprint density at radius 2 is 1.75 bits per heavy atom. The Labute approximate surface area is 191 Å². The Morgan fingerprint density at radius 3 is 2.47 bits per heavy atom. The van der Waals surface area contributed by atoms with Crippen LogP contribution < -0.4 is 14.9 Å². The molecule has 2 N–H and O–H groups in total. The number of anilines is 2. The van der Waals surface area contributed by atoms with Gasteiger partial charge >= 0.3 is 6.18 Å². The van der Waals surface area contributed by atoms with E-state index in [4.69, 9.17) is 11.6 Å². The second kappa shape index (κ2) is 9.53. The predicted octanol–water partition coefficient (Wildman–Crippen LogP) is 4.36. The number of nitrogens with one attached hydrogen (secondary N) is 2. The highest BCUT2D eigenvalue weighted by Gasteiger charge is 2.35. The smallest absolute Gasteiger partial charge is 0.418 e. The summed E-state index contributed by atoms with van der Waals surface area (Å²) in [7, 11) is 0. The van der Waals surface area contributed by atoms with Gasteiger partial charge in [0, 0.05) is 42.8 Å². The van der Waals surface area contributed by atoms with Gasteiger partial charge in [-0.3, -0.25) is 0 Å². The number of pyridine rings is 2. The van der Waals surface area contributed by atoms with Crippen LogP contribution in [-0.2, 0) is 17.5 Å². The molecule has 1 fully saturated rings. The Hall–Kier alpha value is -2.53. The van der Waals surface area contributed by atoms with Crippen LogP contribution >= 0.6 is 11.6 Å². The lowest BCUT2D eigenvalue weighted by Crippen LogP contribution is -2.44. The quantitative estimate of drug-likeness (QED) is 0.527. The van der Waals surface area contributed by atoms with Crippen molar-refractivity contribution in [2.24, 2.45) is 0 Å². The van der Waals surface area contributed by atoms with E-state index in [9.17, 15) is 17.7 Å². The van der Waals surface area contributed by atoms with E-state index in [0.29, 0.717) is 5.82 Å². The molecule has 0 amide bonds. The molecule has 4 rings (SSSR count). The molecule has 1 aliphatic rings. The van der Waals surface area contributed by atoms with Gasteiger partial charge in [0.2, 0.25) is 0 Å². The van der Waals surface area contributed by atoms with Crippen LogP contribution in [0.2, 0.25) is 5.02 Å². The molecule has 1 atom stereocenters. The standard InChI is InChI=1S/C21H19ClF3N5OS/c22-16-5-2-1-4-14(16)20-15(21(23,24)25)8-9-17(27-20)29-32(31)19-7-3-6-18(28-19)30-12-10-26-11-13-30/h1-9,26H,10-13H2,(H,27,29). The molecular weight excluding hydrogens is 463 g/mol. The van der Waals surface area contributed by atoms with E-state index in [1.165, 1.54) is 12.1 Å². The molecule has 168 valence electrons. The van der Waals surface area contributed by atoms with Gasteiger partial charge < -0.3 is 14.8 Å².